The van der Waals surface area contributed by atoms with Gasteiger partial charge < -0.3 is 9.15 Å². The lowest BCUT2D eigenvalue weighted by Gasteiger charge is -2.09. The summed E-state index contributed by atoms with van der Waals surface area (Å²) in [7, 11) is 1.52. The van der Waals surface area contributed by atoms with Gasteiger partial charge in [0.15, 0.2) is 0 Å². The molecule has 0 saturated heterocycles. The number of aryl methyl sites for hydroxylation is 1. The van der Waals surface area contributed by atoms with Crippen LogP contribution in [0, 0.1) is 6.92 Å². The maximum Gasteiger partial charge on any atom is 0.416 e. The van der Waals surface area contributed by atoms with E-state index in [0.29, 0.717) is 22.3 Å². The standard InChI is InChI=1S/C18H13F3O3/c1-10-7-12-8-14(17(22)24-16(12)9-15(10)23-2)11-3-5-13(6-4-11)18(19,20)21/h3-9H,1-2H3. The quantitative estimate of drug-likeness (QED) is 0.632. The Labute approximate surface area is 135 Å². The van der Waals surface area contributed by atoms with E-state index in [9.17, 15) is 18.0 Å². The molecule has 0 atom stereocenters. The van der Waals surface area contributed by atoms with Crippen LogP contribution in [-0.2, 0) is 6.18 Å². The molecule has 124 valence electrons. The van der Waals surface area contributed by atoms with Crippen molar-refractivity contribution >= 4 is 11.0 Å². The predicted molar refractivity (Wildman–Crippen MR) is 84.2 cm³/mol. The molecule has 24 heavy (non-hydrogen) atoms. The van der Waals surface area contributed by atoms with Gasteiger partial charge in [0.25, 0.3) is 0 Å². The summed E-state index contributed by atoms with van der Waals surface area (Å²) in [4.78, 5) is 12.2. The Balaban J connectivity index is 2.13. The summed E-state index contributed by atoms with van der Waals surface area (Å²) in [5.41, 5.74) is 0.411. The first kappa shape index (κ1) is 16.1. The van der Waals surface area contributed by atoms with Gasteiger partial charge in [0.2, 0.25) is 0 Å². The van der Waals surface area contributed by atoms with Crippen LogP contribution < -0.4 is 10.4 Å². The molecular formula is C18H13F3O3. The third kappa shape index (κ3) is 2.87. The summed E-state index contributed by atoms with van der Waals surface area (Å²) in [5.74, 6) is 0.591. The number of alkyl halides is 3. The predicted octanol–water partition coefficient (Wildman–Crippen LogP) is 4.80. The highest BCUT2D eigenvalue weighted by molar-refractivity contribution is 5.83. The lowest BCUT2D eigenvalue weighted by Crippen LogP contribution is -2.06. The SMILES string of the molecule is COc1cc2oc(=O)c(-c3ccc(C(F)(F)F)cc3)cc2cc1C. The second-order valence-corrected chi connectivity index (χ2v) is 5.38. The van der Waals surface area contributed by atoms with Crippen molar-refractivity contribution in [2.24, 2.45) is 0 Å². The summed E-state index contributed by atoms with van der Waals surface area (Å²) in [5, 5.41) is 0.669. The zero-order valence-electron chi connectivity index (χ0n) is 12.9. The van der Waals surface area contributed by atoms with Gasteiger partial charge in [-0.2, -0.15) is 13.2 Å². The summed E-state index contributed by atoms with van der Waals surface area (Å²) < 4.78 is 48.4. The molecule has 0 aliphatic rings. The number of rotatable bonds is 2. The first-order valence-electron chi connectivity index (χ1n) is 7.10. The average molecular weight is 334 g/mol. The number of benzene rings is 2. The molecule has 0 amide bonds. The summed E-state index contributed by atoms with van der Waals surface area (Å²) in [6, 6.07) is 9.43. The van der Waals surface area contributed by atoms with Crippen molar-refractivity contribution in [2.75, 3.05) is 7.11 Å². The lowest BCUT2D eigenvalue weighted by molar-refractivity contribution is -0.137. The van der Waals surface area contributed by atoms with Gasteiger partial charge in [-0.3, -0.25) is 0 Å². The Morgan fingerprint density at radius 2 is 1.71 bits per heavy atom. The van der Waals surface area contributed by atoms with E-state index in [1.54, 1.807) is 18.2 Å². The van der Waals surface area contributed by atoms with Crippen LogP contribution in [0.5, 0.6) is 5.75 Å². The lowest BCUT2D eigenvalue weighted by atomic mass is 10.0. The highest BCUT2D eigenvalue weighted by atomic mass is 19.4. The second kappa shape index (κ2) is 5.70. The molecule has 1 heterocycles. The Hall–Kier alpha value is -2.76. The Morgan fingerprint density at radius 1 is 1.04 bits per heavy atom. The number of fused-ring (bicyclic) bond motifs is 1. The molecule has 0 fully saturated rings. The molecule has 2 aromatic carbocycles. The molecule has 0 radical (unpaired) electrons. The monoisotopic (exact) mass is 334 g/mol. The third-order valence-corrected chi connectivity index (χ3v) is 3.77. The van der Waals surface area contributed by atoms with Crippen LogP contribution in [0.2, 0.25) is 0 Å². The van der Waals surface area contributed by atoms with Gasteiger partial charge >= 0.3 is 11.8 Å². The molecule has 0 aliphatic heterocycles. The zero-order valence-corrected chi connectivity index (χ0v) is 12.9. The van der Waals surface area contributed by atoms with E-state index in [2.05, 4.69) is 0 Å². The van der Waals surface area contributed by atoms with Crippen molar-refractivity contribution in [1.29, 1.82) is 0 Å². The van der Waals surface area contributed by atoms with Gasteiger partial charge in [0.1, 0.15) is 11.3 Å². The molecule has 0 spiro atoms. The Bertz CT molecular complexity index is 954. The molecule has 0 unspecified atom stereocenters. The Morgan fingerprint density at radius 3 is 2.29 bits per heavy atom. The van der Waals surface area contributed by atoms with Crippen LogP contribution in [0.15, 0.2) is 51.7 Å². The number of hydrogen-bond donors (Lipinski definition) is 0. The molecule has 1 aromatic heterocycles. The first-order chi connectivity index (χ1) is 11.3. The second-order valence-electron chi connectivity index (χ2n) is 5.38. The molecule has 3 aromatic rings. The number of methoxy groups -OCH3 is 1. The van der Waals surface area contributed by atoms with E-state index in [-0.39, 0.29) is 5.56 Å². The summed E-state index contributed by atoms with van der Waals surface area (Å²) in [6.45, 7) is 1.85. The van der Waals surface area contributed by atoms with Gasteiger partial charge in [-0.05, 0) is 42.3 Å². The highest BCUT2D eigenvalue weighted by Gasteiger charge is 2.30. The molecule has 0 bridgehead atoms. The first-order valence-corrected chi connectivity index (χ1v) is 7.10. The Kier molecular flexibility index (Phi) is 3.83. The molecule has 0 saturated carbocycles. The van der Waals surface area contributed by atoms with Crippen molar-refractivity contribution in [1.82, 2.24) is 0 Å². The molecule has 0 N–H and O–H groups in total. The molecule has 6 heteroatoms. The van der Waals surface area contributed by atoms with Gasteiger partial charge in [0, 0.05) is 11.5 Å². The fourth-order valence-electron chi connectivity index (χ4n) is 2.52. The van der Waals surface area contributed by atoms with E-state index in [4.69, 9.17) is 9.15 Å². The van der Waals surface area contributed by atoms with Crippen molar-refractivity contribution in [3.63, 3.8) is 0 Å². The van der Waals surface area contributed by atoms with Crippen molar-refractivity contribution in [3.05, 3.63) is 64.0 Å². The van der Waals surface area contributed by atoms with E-state index in [1.807, 2.05) is 6.92 Å². The maximum absolute atomic E-state index is 12.6. The van der Waals surface area contributed by atoms with Crippen LogP contribution in [-0.4, -0.2) is 7.11 Å². The topological polar surface area (TPSA) is 39.4 Å². The smallest absolute Gasteiger partial charge is 0.416 e. The summed E-state index contributed by atoms with van der Waals surface area (Å²) in [6.07, 6.45) is -4.42. The van der Waals surface area contributed by atoms with Crippen LogP contribution in [0.3, 0.4) is 0 Å². The molecule has 3 nitrogen and oxygen atoms in total. The van der Waals surface area contributed by atoms with Gasteiger partial charge in [-0.15, -0.1) is 0 Å². The largest absolute Gasteiger partial charge is 0.496 e. The minimum Gasteiger partial charge on any atom is -0.496 e. The third-order valence-electron chi connectivity index (χ3n) is 3.77. The highest BCUT2D eigenvalue weighted by Crippen LogP contribution is 2.31. The fourth-order valence-corrected chi connectivity index (χ4v) is 2.52. The van der Waals surface area contributed by atoms with E-state index < -0.39 is 17.4 Å². The van der Waals surface area contributed by atoms with Crippen LogP contribution in [0.4, 0.5) is 13.2 Å². The van der Waals surface area contributed by atoms with Crippen LogP contribution in [0.25, 0.3) is 22.1 Å². The minimum absolute atomic E-state index is 0.209. The average Bonchev–Trinajstić information content (AvgIpc) is 2.53. The van der Waals surface area contributed by atoms with Gasteiger partial charge in [-0.1, -0.05) is 12.1 Å². The van der Waals surface area contributed by atoms with Gasteiger partial charge in [-0.25, -0.2) is 4.79 Å². The minimum atomic E-state index is -4.42. The maximum atomic E-state index is 12.6. The fraction of sp³-hybridized carbons (Fsp3) is 0.167. The van der Waals surface area contributed by atoms with Crippen molar-refractivity contribution in [3.8, 4) is 16.9 Å². The van der Waals surface area contributed by atoms with E-state index >= 15 is 0 Å². The van der Waals surface area contributed by atoms with Crippen molar-refractivity contribution in [2.45, 2.75) is 13.1 Å². The van der Waals surface area contributed by atoms with Crippen LogP contribution in [0.1, 0.15) is 11.1 Å². The molecular weight excluding hydrogens is 321 g/mol. The van der Waals surface area contributed by atoms with E-state index in [0.717, 1.165) is 17.7 Å². The number of hydrogen-bond acceptors (Lipinski definition) is 3. The molecule has 3 rings (SSSR count). The zero-order chi connectivity index (χ0) is 17.5. The van der Waals surface area contributed by atoms with Crippen LogP contribution >= 0.6 is 0 Å². The molecule has 0 aliphatic carbocycles. The van der Waals surface area contributed by atoms with Crippen molar-refractivity contribution < 1.29 is 22.3 Å². The van der Waals surface area contributed by atoms with E-state index in [1.165, 1.54) is 19.2 Å². The summed E-state index contributed by atoms with van der Waals surface area (Å²) >= 11 is 0. The number of halogens is 3. The van der Waals surface area contributed by atoms with Gasteiger partial charge in [0.05, 0.1) is 18.2 Å². The number of ether oxygens (including phenoxy) is 1. The normalized spacial score (nSPS) is 11.7.